The second kappa shape index (κ2) is 11.6. The van der Waals surface area contributed by atoms with E-state index in [1.807, 2.05) is 0 Å². The molecule has 2 aromatic rings. The monoisotopic (exact) mass is 542 g/mol. The minimum absolute atomic E-state index is 0.207. The predicted octanol–water partition coefficient (Wildman–Crippen LogP) is 3.54. The number of benzene rings is 1. The molecule has 10 heteroatoms. The largest absolute Gasteiger partial charge is 0.507 e. The molecule has 0 bridgehead atoms. The van der Waals surface area contributed by atoms with Crippen LogP contribution in [0.4, 0.5) is 14.6 Å². The lowest BCUT2D eigenvalue weighted by Gasteiger charge is -2.40. The van der Waals surface area contributed by atoms with Crippen molar-refractivity contribution in [3.05, 3.63) is 53.5 Å². The molecule has 1 aromatic heterocycles. The zero-order chi connectivity index (χ0) is 27.6. The molecule has 1 aromatic carbocycles. The summed E-state index contributed by atoms with van der Waals surface area (Å²) in [7, 11) is 0. The van der Waals surface area contributed by atoms with Gasteiger partial charge in [0.25, 0.3) is 5.91 Å². The van der Waals surface area contributed by atoms with Gasteiger partial charge in [-0.3, -0.25) is 4.79 Å². The first-order valence-electron chi connectivity index (χ1n) is 13.7. The first-order chi connectivity index (χ1) is 18.8. The molecule has 0 spiro atoms. The summed E-state index contributed by atoms with van der Waals surface area (Å²) in [5, 5.41) is 35.8. The van der Waals surface area contributed by atoms with Crippen LogP contribution in [0.3, 0.4) is 0 Å². The number of halogens is 2. The fourth-order valence-electron chi connectivity index (χ4n) is 5.89. The Labute approximate surface area is 227 Å². The van der Waals surface area contributed by atoms with E-state index >= 15 is 0 Å². The number of rotatable bonds is 7. The molecule has 1 atom stereocenters. The number of hydrogen-bond donors (Lipinski definition) is 4. The van der Waals surface area contributed by atoms with Gasteiger partial charge >= 0.3 is 0 Å². The maximum atomic E-state index is 13.6. The van der Waals surface area contributed by atoms with Gasteiger partial charge in [-0.2, -0.15) is 0 Å². The number of carbonyl (C=O) groups is 1. The molecule has 2 fully saturated rings. The Kier molecular flexibility index (Phi) is 8.16. The molecular formula is C29H36F2N4O4. The summed E-state index contributed by atoms with van der Waals surface area (Å²) < 4.78 is 27.1. The molecule has 1 unspecified atom stereocenters. The number of nitrogens with zero attached hydrogens (tertiary/aromatic N) is 3. The van der Waals surface area contributed by atoms with Crippen LogP contribution in [0, 0.1) is 5.82 Å². The topological polar surface area (TPSA) is 109 Å². The number of aliphatic hydroxyl groups is 3. The maximum Gasteiger partial charge on any atom is 0.256 e. The first-order valence-corrected chi connectivity index (χ1v) is 13.7. The van der Waals surface area contributed by atoms with Crippen molar-refractivity contribution in [1.82, 2.24) is 15.2 Å². The highest BCUT2D eigenvalue weighted by molar-refractivity contribution is 6.04. The standard InChI is InChI=1S/C29H36F2N4O4/c30-21-6-4-19(5-7-21)20-16-23-25(37)24(27(38)33-29(18-36)10-2-1-3-11-29)28(39)35(26(23)32-17-20)15-14-34-12-8-22(31)9-13-34/h4-7,16-17,22,28,36-37,39H,1-3,8-15,18H2,(H,33,38). The number of likely N-dealkylation sites (tertiary alicyclic amines) is 1. The molecule has 4 N–H and O–H groups in total. The number of pyridine rings is 1. The van der Waals surface area contributed by atoms with Crippen LogP contribution in [-0.4, -0.2) is 81.8 Å². The van der Waals surface area contributed by atoms with Crippen LogP contribution in [0.15, 0.2) is 42.1 Å². The Morgan fingerprint density at radius 1 is 1.08 bits per heavy atom. The van der Waals surface area contributed by atoms with Crippen LogP contribution in [0.25, 0.3) is 16.9 Å². The highest BCUT2D eigenvalue weighted by Crippen LogP contribution is 2.38. The fraction of sp³-hybridized carbons (Fsp3) is 0.517. The summed E-state index contributed by atoms with van der Waals surface area (Å²) in [5.41, 5.74) is 0.551. The van der Waals surface area contributed by atoms with E-state index in [0.29, 0.717) is 68.8 Å². The first kappa shape index (κ1) is 27.5. The van der Waals surface area contributed by atoms with Gasteiger partial charge in [0, 0.05) is 37.9 Å². The van der Waals surface area contributed by atoms with Gasteiger partial charge in [0.1, 0.15) is 29.1 Å². The molecule has 1 saturated heterocycles. The van der Waals surface area contributed by atoms with Crippen LogP contribution in [0.1, 0.15) is 50.5 Å². The third-order valence-corrected chi connectivity index (χ3v) is 8.29. The number of nitrogens with one attached hydrogen (secondary N) is 1. The van der Waals surface area contributed by atoms with Crippen molar-refractivity contribution in [3.63, 3.8) is 0 Å². The van der Waals surface area contributed by atoms with E-state index in [0.717, 1.165) is 19.3 Å². The van der Waals surface area contributed by atoms with Gasteiger partial charge < -0.3 is 30.4 Å². The summed E-state index contributed by atoms with van der Waals surface area (Å²) in [6.45, 7) is 1.78. The minimum Gasteiger partial charge on any atom is -0.507 e. The highest BCUT2D eigenvalue weighted by atomic mass is 19.1. The molecule has 210 valence electrons. The molecule has 2 aliphatic heterocycles. The zero-order valence-corrected chi connectivity index (χ0v) is 22.0. The highest BCUT2D eigenvalue weighted by Gasteiger charge is 2.41. The third kappa shape index (κ3) is 5.78. The van der Waals surface area contributed by atoms with E-state index in [1.165, 1.54) is 12.1 Å². The van der Waals surface area contributed by atoms with E-state index in [1.54, 1.807) is 29.3 Å². The summed E-state index contributed by atoms with van der Waals surface area (Å²) in [5.74, 6) is -1.09. The summed E-state index contributed by atoms with van der Waals surface area (Å²) in [6.07, 6.45) is 4.19. The molecule has 5 rings (SSSR count). The molecule has 1 aliphatic carbocycles. The number of aliphatic hydroxyl groups excluding tert-OH is 3. The van der Waals surface area contributed by atoms with Gasteiger partial charge in [-0.1, -0.05) is 31.4 Å². The predicted molar refractivity (Wildman–Crippen MR) is 144 cm³/mol. The normalized spacial score (nSPS) is 22.1. The van der Waals surface area contributed by atoms with Crippen LogP contribution < -0.4 is 10.2 Å². The molecule has 8 nitrogen and oxygen atoms in total. The smallest absolute Gasteiger partial charge is 0.256 e. The van der Waals surface area contributed by atoms with E-state index in [9.17, 15) is 28.9 Å². The van der Waals surface area contributed by atoms with Gasteiger partial charge in [0.05, 0.1) is 17.7 Å². The number of piperidine rings is 1. The number of aromatic nitrogens is 1. The van der Waals surface area contributed by atoms with E-state index < -0.39 is 23.8 Å². The van der Waals surface area contributed by atoms with Crippen LogP contribution in [0.5, 0.6) is 0 Å². The molecule has 0 radical (unpaired) electrons. The number of hydrogen-bond acceptors (Lipinski definition) is 7. The molecule has 3 heterocycles. The van der Waals surface area contributed by atoms with Crippen molar-refractivity contribution in [2.45, 2.75) is 62.9 Å². The average molecular weight is 543 g/mol. The quantitative estimate of drug-likeness (QED) is 0.424. The SMILES string of the molecule is O=C(NC1(CO)CCCCC1)C1=C(O)c2cc(-c3ccc(F)cc3)cnc2N(CCN2CCC(F)CC2)C1O. The number of carbonyl (C=O) groups excluding carboxylic acids is 1. The average Bonchev–Trinajstić information content (AvgIpc) is 2.94. The van der Waals surface area contributed by atoms with E-state index in [2.05, 4.69) is 15.2 Å². The third-order valence-electron chi connectivity index (χ3n) is 8.29. The van der Waals surface area contributed by atoms with Crippen LogP contribution >= 0.6 is 0 Å². The Hall–Kier alpha value is -3.08. The molecule has 3 aliphatic rings. The molecule has 1 saturated carbocycles. The second-order valence-corrected chi connectivity index (χ2v) is 10.9. The number of fused-ring (bicyclic) bond motifs is 1. The van der Waals surface area contributed by atoms with Crippen LogP contribution in [-0.2, 0) is 4.79 Å². The van der Waals surface area contributed by atoms with Gasteiger partial charge in [-0.05, 0) is 49.4 Å². The van der Waals surface area contributed by atoms with Crippen LogP contribution in [0.2, 0.25) is 0 Å². The number of amides is 1. The Balaban J connectivity index is 1.49. The van der Waals surface area contributed by atoms with Crippen molar-refractivity contribution in [2.75, 3.05) is 37.7 Å². The summed E-state index contributed by atoms with van der Waals surface area (Å²) >= 11 is 0. The van der Waals surface area contributed by atoms with Crippen molar-refractivity contribution in [3.8, 4) is 11.1 Å². The Morgan fingerprint density at radius 2 is 1.77 bits per heavy atom. The van der Waals surface area contributed by atoms with Gasteiger partial charge in [-0.15, -0.1) is 0 Å². The lowest BCUT2D eigenvalue weighted by Crippen LogP contribution is -2.56. The van der Waals surface area contributed by atoms with Gasteiger partial charge in [0.15, 0.2) is 6.23 Å². The molecule has 39 heavy (non-hydrogen) atoms. The van der Waals surface area contributed by atoms with Crippen molar-refractivity contribution in [1.29, 1.82) is 0 Å². The van der Waals surface area contributed by atoms with Gasteiger partial charge in [0.2, 0.25) is 0 Å². The van der Waals surface area contributed by atoms with E-state index in [4.69, 9.17) is 0 Å². The summed E-state index contributed by atoms with van der Waals surface area (Å²) in [6, 6.07) is 7.54. The van der Waals surface area contributed by atoms with Gasteiger partial charge in [-0.25, -0.2) is 13.8 Å². The molecule has 1 amide bonds. The van der Waals surface area contributed by atoms with Crippen molar-refractivity contribution in [2.24, 2.45) is 0 Å². The Bertz CT molecular complexity index is 1210. The van der Waals surface area contributed by atoms with E-state index in [-0.39, 0.29) is 29.3 Å². The maximum absolute atomic E-state index is 13.6. The summed E-state index contributed by atoms with van der Waals surface area (Å²) in [4.78, 5) is 21.8. The fourth-order valence-corrected chi connectivity index (χ4v) is 5.89. The lowest BCUT2D eigenvalue weighted by molar-refractivity contribution is -0.121. The molecular weight excluding hydrogens is 506 g/mol. The number of anilines is 1. The second-order valence-electron chi connectivity index (χ2n) is 10.9. The lowest BCUT2D eigenvalue weighted by atomic mass is 9.82. The van der Waals surface area contributed by atoms with Crippen molar-refractivity contribution >= 4 is 17.5 Å². The van der Waals surface area contributed by atoms with Crippen molar-refractivity contribution < 1.29 is 28.9 Å². The zero-order valence-electron chi connectivity index (χ0n) is 22.0. The number of alkyl halides is 1. The minimum atomic E-state index is -1.47. The Morgan fingerprint density at radius 3 is 2.44 bits per heavy atom.